The first-order valence-corrected chi connectivity index (χ1v) is 11.8. The van der Waals surface area contributed by atoms with Crippen LogP contribution in [0.1, 0.15) is 50.2 Å². The first-order valence-electron chi connectivity index (χ1n) is 11.1. The number of hydrogen-bond acceptors (Lipinski definition) is 3. The molecule has 0 spiro atoms. The average Bonchev–Trinajstić information content (AvgIpc) is 2.78. The number of benzene rings is 2. The standard InChI is InChI=1S/C25H30Cl2N2O3/c1-17-8-6-7-9-19(17)15-29(18(2)25(31)28-21-10-4-3-5-11-21)24(30)16-32-23-13-12-20(26)14-22(23)27/h6-9,12-14,18,21H,3-5,10-11,15-16H2,1-2H3,(H,28,31). The predicted octanol–water partition coefficient (Wildman–Crippen LogP) is 5.55. The summed E-state index contributed by atoms with van der Waals surface area (Å²) in [4.78, 5) is 27.8. The van der Waals surface area contributed by atoms with E-state index in [1.165, 1.54) is 6.42 Å². The summed E-state index contributed by atoms with van der Waals surface area (Å²) in [5.74, 6) is -0.0477. The van der Waals surface area contributed by atoms with Gasteiger partial charge >= 0.3 is 0 Å². The molecule has 0 aliphatic heterocycles. The molecule has 1 saturated carbocycles. The van der Waals surface area contributed by atoms with Crippen molar-refractivity contribution in [3.05, 3.63) is 63.6 Å². The van der Waals surface area contributed by atoms with Gasteiger partial charge in [-0.25, -0.2) is 0 Å². The Morgan fingerprint density at radius 3 is 2.53 bits per heavy atom. The highest BCUT2D eigenvalue weighted by molar-refractivity contribution is 6.35. The molecule has 0 heterocycles. The number of carbonyl (C=O) groups excluding carboxylic acids is 2. The average molecular weight is 477 g/mol. The molecule has 0 saturated heterocycles. The molecule has 32 heavy (non-hydrogen) atoms. The second kappa shape index (κ2) is 11.6. The Labute approximate surface area is 200 Å². The summed E-state index contributed by atoms with van der Waals surface area (Å²) < 4.78 is 5.67. The number of carbonyl (C=O) groups is 2. The molecule has 3 rings (SSSR count). The number of hydrogen-bond donors (Lipinski definition) is 1. The SMILES string of the molecule is Cc1ccccc1CN(C(=O)COc1ccc(Cl)cc1Cl)C(C)C(=O)NC1CCCCC1. The van der Waals surface area contributed by atoms with Crippen molar-refractivity contribution in [1.29, 1.82) is 0 Å². The maximum Gasteiger partial charge on any atom is 0.261 e. The summed E-state index contributed by atoms with van der Waals surface area (Å²) >= 11 is 12.1. The molecule has 0 bridgehead atoms. The fourth-order valence-electron chi connectivity index (χ4n) is 3.94. The Kier molecular flexibility index (Phi) is 8.83. The van der Waals surface area contributed by atoms with Gasteiger partial charge in [0.1, 0.15) is 11.8 Å². The van der Waals surface area contributed by atoms with E-state index in [0.29, 0.717) is 22.3 Å². The number of aryl methyl sites for hydroxylation is 1. The lowest BCUT2D eigenvalue weighted by molar-refractivity contribution is -0.142. The summed E-state index contributed by atoms with van der Waals surface area (Å²) in [5.41, 5.74) is 2.05. The van der Waals surface area contributed by atoms with Crippen LogP contribution < -0.4 is 10.1 Å². The van der Waals surface area contributed by atoms with Crippen LogP contribution in [0.25, 0.3) is 0 Å². The van der Waals surface area contributed by atoms with Gasteiger partial charge in [0.15, 0.2) is 6.61 Å². The molecule has 1 N–H and O–H groups in total. The van der Waals surface area contributed by atoms with Crippen molar-refractivity contribution in [1.82, 2.24) is 10.2 Å². The van der Waals surface area contributed by atoms with Crippen LogP contribution in [0.5, 0.6) is 5.75 Å². The third-order valence-corrected chi connectivity index (χ3v) is 6.50. The molecule has 1 fully saturated rings. The van der Waals surface area contributed by atoms with Crippen molar-refractivity contribution in [2.75, 3.05) is 6.61 Å². The van der Waals surface area contributed by atoms with Gasteiger partial charge in [0, 0.05) is 17.6 Å². The van der Waals surface area contributed by atoms with E-state index in [9.17, 15) is 9.59 Å². The molecule has 0 radical (unpaired) electrons. The summed E-state index contributed by atoms with van der Waals surface area (Å²) in [6, 6.07) is 12.2. The van der Waals surface area contributed by atoms with Crippen molar-refractivity contribution < 1.29 is 14.3 Å². The number of rotatable bonds is 8. The van der Waals surface area contributed by atoms with E-state index in [1.54, 1.807) is 30.0 Å². The van der Waals surface area contributed by atoms with E-state index in [-0.39, 0.29) is 24.5 Å². The summed E-state index contributed by atoms with van der Waals surface area (Å²) in [6.45, 7) is 3.86. The van der Waals surface area contributed by atoms with Gasteiger partial charge in [0.2, 0.25) is 5.91 Å². The van der Waals surface area contributed by atoms with E-state index < -0.39 is 6.04 Å². The minimum absolute atomic E-state index is 0.136. The van der Waals surface area contributed by atoms with Crippen LogP contribution in [0.3, 0.4) is 0 Å². The van der Waals surface area contributed by atoms with Crippen LogP contribution in [0.2, 0.25) is 10.0 Å². The van der Waals surface area contributed by atoms with Gasteiger partial charge in [0.05, 0.1) is 5.02 Å². The number of halogens is 2. The Balaban J connectivity index is 1.73. The van der Waals surface area contributed by atoms with Crippen LogP contribution in [-0.2, 0) is 16.1 Å². The lowest BCUT2D eigenvalue weighted by Crippen LogP contribution is -2.51. The first-order chi connectivity index (χ1) is 15.3. The molecule has 172 valence electrons. The molecule has 2 aromatic carbocycles. The molecule has 5 nitrogen and oxygen atoms in total. The van der Waals surface area contributed by atoms with Gasteiger partial charge in [-0.1, -0.05) is 66.7 Å². The van der Waals surface area contributed by atoms with Gasteiger partial charge in [-0.2, -0.15) is 0 Å². The van der Waals surface area contributed by atoms with E-state index in [2.05, 4.69) is 5.32 Å². The fourth-order valence-corrected chi connectivity index (χ4v) is 4.40. The third-order valence-electron chi connectivity index (χ3n) is 5.97. The van der Waals surface area contributed by atoms with E-state index in [1.807, 2.05) is 31.2 Å². The quantitative estimate of drug-likeness (QED) is 0.543. The van der Waals surface area contributed by atoms with Gasteiger partial charge in [0.25, 0.3) is 5.91 Å². The lowest BCUT2D eigenvalue weighted by atomic mass is 9.95. The second-order valence-electron chi connectivity index (χ2n) is 8.33. The summed E-state index contributed by atoms with van der Waals surface area (Å²) in [6.07, 6.45) is 5.44. The minimum atomic E-state index is -0.631. The maximum absolute atomic E-state index is 13.2. The summed E-state index contributed by atoms with van der Waals surface area (Å²) in [5, 5.41) is 3.96. The van der Waals surface area contributed by atoms with Crippen molar-refractivity contribution in [3.63, 3.8) is 0 Å². The monoisotopic (exact) mass is 476 g/mol. The molecule has 1 atom stereocenters. The Hall–Kier alpha value is -2.24. The number of nitrogens with zero attached hydrogens (tertiary/aromatic N) is 1. The van der Waals surface area contributed by atoms with Gasteiger partial charge < -0.3 is 15.0 Å². The van der Waals surface area contributed by atoms with Crippen LogP contribution >= 0.6 is 23.2 Å². The Bertz CT molecular complexity index is 945. The molecule has 1 unspecified atom stereocenters. The van der Waals surface area contributed by atoms with Crippen molar-refractivity contribution in [2.24, 2.45) is 0 Å². The highest BCUT2D eigenvalue weighted by Gasteiger charge is 2.28. The lowest BCUT2D eigenvalue weighted by Gasteiger charge is -2.31. The molecular weight excluding hydrogens is 447 g/mol. The minimum Gasteiger partial charge on any atom is -0.482 e. The second-order valence-corrected chi connectivity index (χ2v) is 9.17. The van der Waals surface area contributed by atoms with Crippen molar-refractivity contribution >= 4 is 35.0 Å². The largest absolute Gasteiger partial charge is 0.482 e. The van der Waals surface area contributed by atoms with Gasteiger partial charge in [-0.05, 0) is 56.0 Å². The Morgan fingerprint density at radius 1 is 1.12 bits per heavy atom. The predicted molar refractivity (Wildman–Crippen MR) is 128 cm³/mol. The zero-order valence-corrected chi connectivity index (χ0v) is 20.1. The van der Waals surface area contributed by atoms with Crippen molar-refractivity contribution in [3.8, 4) is 5.75 Å². The molecule has 0 aromatic heterocycles. The maximum atomic E-state index is 13.2. The number of amides is 2. The van der Waals surface area contributed by atoms with E-state index in [0.717, 1.165) is 36.8 Å². The van der Waals surface area contributed by atoms with E-state index >= 15 is 0 Å². The van der Waals surface area contributed by atoms with Crippen molar-refractivity contribution in [2.45, 2.75) is 64.6 Å². The molecular formula is C25H30Cl2N2O3. The third kappa shape index (κ3) is 6.63. The molecule has 7 heteroatoms. The fraction of sp³-hybridized carbons (Fsp3) is 0.440. The first kappa shape index (κ1) is 24.4. The van der Waals surface area contributed by atoms with E-state index in [4.69, 9.17) is 27.9 Å². The van der Waals surface area contributed by atoms with Crippen LogP contribution in [0.15, 0.2) is 42.5 Å². The number of ether oxygens (including phenoxy) is 1. The van der Waals surface area contributed by atoms with Crippen LogP contribution in [-0.4, -0.2) is 35.4 Å². The molecule has 1 aliphatic carbocycles. The normalized spacial score (nSPS) is 15.1. The Morgan fingerprint density at radius 2 is 1.84 bits per heavy atom. The van der Waals surface area contributed by atoms with Gasteiger partial charge in [-0.3, -0.25) is 9.59 Å². The van der Waals surface area contributed by atoms with Crippen LogP contribution in [0, 0.1) is 6.92 Å². The topological polar surface area (TPSA) is 58.6 Å². The highest BCUT2D eigenvalue weighted by Crippen LogP contribution is 2.27. The smallest absolute Gasteiger partial charge is 0.261 e. The zero-order chi connectivity index (χ0) is 23.1. The highest BCUT2D eigenvalue weighted by atomic mass is 35.5. The summed E-state index contributed by atoms with van der Waals surface area (Å²) in [7, 11) is 0. The molecule has 2 aromatic rings. The zero-order valence-electron chi connectivity index (χ0n) is 18.6. The van der Waals surface area contributed by atoms with Crippen LogP contribution in [0.4, 0.5) is 0 Å². The molecule has 1 aliphatic rings. The molecule has 2 amide bonds. The van der Waals surface area contributed by atoms with Gasteiger partial charge in [-0.15, -0.1) is 0 Å². The number of nitrogens with one attached hydrogen (secondary N) is 1.